The van der Waals surface area contributed by atoms with Crippen LogP contribution in [-0.2, 0) is 23.2 Å². The van der Waals surface area contributed by atoms with E-state index in [1.807, 2.05) is 13.8 Å². The maximum atomic E-state index is 12.8. The van der Waals surface area contributed by atoms with Gasteiger partial charge in [0.1, 0.15) is 0 Å². The average molecular weight is 387 g/mol. The van der Waals surface area contributed by atoms with Gasteiger partial charge in [0.15, 0.2) is 0 Å². The van der Waals surface area contributed by atoms with Crippen molar-refractivity contribution >= 4 is 10.8 Å². The number of benzene rings is 1. The maximum Gasteiger partial charge on any atom is 0.416 e. The summed E-state index contributed by atoms with van der Waals surface area (Å²) in [5.41, 5.74) is -2.96. The monoisotopic (exact) mass is 387 g/mol. The summed E-state index contributed by atoms with van der Waals surface area (Å²) < 4.78 is 88.6. The normalized spacial score (nSPS) is 14.4. The van der Waals surface area contributed by atoms with Gasteiger partial charge >= 0.3 is 12.4 Å². The molecule has 0 aliphatic carbocycles. The highest BCUT2D eigenvalue weighted by molar-refractivity contribution is 7.88. The third-order valence-corrected chi connectivity index (χ3v) is 4.31. The molecule has 142 valence electrons. The first-order chi connectivity index (χ1) is 11.4. The van der Waals surface area contributed by atoms with E-state index in [1.165, 1.54) is 6.08 Å². The molecule has 0 spiro atoms. The molecular weight excluding hydrogens is 368 g/mol. The van der Waals surface area contributed by atoms with Crippen molar-refractivity contribution < 1.29 is 30.6 Å². The van der Waals surface area contributed by atoms with E-state index in [0.29, 0.717) is 31.1 Å². The summed E-state index contributed by atoms with van der Waals surface area (Å²) in [5, 5.41) is 4.09. The average Bonchev–Trinajstić information content (AvgIpc) is 2.48. The smallest absolute Gasteiger partial charge is 0.313 e. The van der Waals surface area contributed by atoms with Crippen LogP contribution in [0.4, 0.5) is 26.3 Å². The van der Waals surface area contributed by atoms with Gasteiger partial charge in [-0.05, 0) is 37.1 Å². The Morgan fingerprint density at radius 3 is 2.00 bits per heavy atom. The molecule has 1 aromatic carbocycles. The van der Waals surface area contributed by atoms with E-state index in [2.05, 4.69) is 5.32 Å². The minimum Gasteiger partial charge on any atom is -0.313 e. The molecule has 9 heteroatoms. The molecule has 1 atom stereocenters. The molecule has 0 saturated heterocycles. The molecule has 0 radical (unpaired) electrons. The van der Waals surface area contributed by atoms with Gasteiger partial charge in [-0.25, -0.2) is 4.21 Å². The fourth-order valence-corrected chi connectivity index (χ4v) is 2.75. The zero-order valence-corrected chi connectivity index (χ0v) is 14.5. The number of hydrogen-bond donors (Lipinski definition) is 1. The van der Waals surface area contributed by atoms with E-state index in [9.17, 15) is 30.6 Å². The molecule has 25 heavy (non-hydrogen) atoms. The Labute approximate surface area is 144 Å². The highest BCUT2D eigenvalue weighted by Gasteiger charge is 2.37. The number of rotatable bonds is 7. The van der Waals surface area contributed by atoms with Crippen LogP contribution in [0, 0.1) is 5.92 Å². The zero-order valence-electron chi connectivity index (χ0n) is 13.7. The summed E-state index contributed by atoms with van der Waals surface area (Å²) in [6, 6.07) is 0.960. The molecule has 2 nitrogen and oxygen atoms in total. The molecule has 0 fully saturated rings. The molecule has 0 aliphatic rings. The molecule has 0 unspecified atom stereocenters. The van der Waals surface area contributed by atoms with Gasteiger partial charge in [0, 0.05) is 16.8 Å². The van der Waals surface area contributed by atoms with Crippen molar-refractivity contribution in [2.24, 2.45) is 5.92 Å². The van der Waals surface area contributed by atoms with Crippen molar-refractivity contribution in [3.8, 4) is 0 Å². The van der Waals surface area contributed by atoms with E-state index in [4.69, 9.17) is 0 Å². The highest BCUT2D eigenvalue weighted by atomic mass is 32.2. The molecule has 1 aromatic rings. The highest BCUT2D eigenvalue weighted by Crippen LogP contribution is 2.37. The Hall–Kier alpha value is -1.35. The summed E-state index contributed by atoms with van der Waals surface area (Å²) in [7, 11) is -2.11. The van der Waals surface area contributed by atoms with Crippen LogP contribution >= 0.6 is 0 Å². The van der Waals surface area contributed by atoms with Gasteiger partial charge in [-0.2, -0.15) is 26.3 Å². The van der Waals surface area contributed by atoms with Crippen LogP contribution in [0.15, 0.2) is 34.6 Å². The number of halogens is 6. The second kappa shape index (κ2) is 8.84. The lowest BCUT2D eigenvalue weighted by Gasteiger charge is -2.13. The van der Waals surface area contributed by atoms with Gasteiger partial charge in [-0.1, -0.05) is 19.9 Å². The van der Waals surface area contributed by atoms with Crippen LogP contribution in [0.25, 0.3) is 0 Å². The molecule has 1 rings (SSSR count). The molecule has 0 heterocycles. The van der Waals surface area contributed by atoms with E-state index < -0.39 is 39.2 Å². The van der Waals surface area contributed by atoms with E-state index >= 15 is 0 Å². The van der Waals surface area contributed by atoms with Gasteiger partial charge in [-0.15, -0.1) is 0 Å². The predicted octanol–water partition coefficient (Wildman–Crippen LogP) is 4.98. The Bertz CT molecular complexity index is 590. The van der Waals surface area contributed by atoms with Crippen LogP contribution < -0.4 is 5.32 Å². The van der Waals surface area contributed by atoms with Crippen LogP contribution in [0.2, 0.25) is 0 Å². The minimum absolute atomic E-state index is 0.0118. The van der Waals surface area contributed by atoms with Crippen molar-refractivity contribution in [2.45, 2.75) is 37.5 Å². The van der Waals surface area contributed by atoms with Gasteiger partial charge in [0.2, 0.25) is 0 Å². The fourth-order valence-electron chi connectivity index (χ4n) is 1.83. The summed E-state index contributed by atoms with van der Waals surface area (Å²) in [5.74, 6) is 0.497. The number of hydrogen-bond acceptors (Lipinski definition) is 2. The van der Waals surface area contributed by atoms with Crippen molar-refractivity contribution in [3.05, 3.63) is 40.8 Å². The minimum atomic E-state index is -4.96. The van der Waals surface area contributed by atoms with E-state index in [-0.39, 0.29) is 6.07 Å². The van der Waals surface area contributed by atoms with Gasteiger partial charge < -0.3 is 5.32 Å². The summed E-state index contributed by atoms with van der Waals surface area (Å²) in [4.78, 5) is -0.541. The van der Waals surface area contributed by atoms with Crippen molar-refractivity contribution in [1.82, 2.24) is 5.32 Å². The topological polar surface area (TPSA) is 29.1 Å². The predicted molar refractivity (Wildman–Crippen MR) is 84.3 cm³/mol. The van der Waals surface area contributed by atoms with E-state index in [1.54, 1.807) is 0 Å². The van der Waals surface area contributed by atoms with Gasteiger partial charge in [0.25, 0.3) is 0 Å². The molecule has 0 saturated carbocycles. The third-order valence-electron chi connectivity index (χ3n) is 3.17. The van der Waals surface area contributed by atoms with Crippen LogP contribution in [0.3, 0.4) is 0 Å². The first-order valence-corrected chi connectivity index (χ1v) is 8.70. The Morgan fingerprint density at radius 2 is 1.56 bits per heavy atom. The van der Waals surface area contributed by atoms with Crippen molar-refractivity contribution in [1.29, 1.82) is 0 Å². The Balaban J connectivity index is 2.90. The van der Waals surface area contributed by atoms with Crippen molar-refractivity contribution in [3.63, 3.8) is 0 Å². The SMILES string of the molecule is CC(C)CCNC/C=C/[S@](=O)c1cc(C(F)(F)F)cc(C(F)(F)F)c1. The Kier molecular flexibility index (Phi) is 7.67. The lowest BCUT2D eigenvalue weighted by Crippen LogP contribution is -2.16. The lowest BCUT2D eigenvalue weighted by atomic mass is 10.1. The number of nitrogens with one attached hydrogen (secondary N) is 1. The first-order valence-electron chi connectivity index (χ1n) is 7.48. The summed E-state index contributed by atoms with van der Waals surface area (Å²) in [6.07, 6.45) is -7.58. The van der Waals surface area contributed by atoms with Gasteiger partial charge in [-0.3, -0.25) is 0 Å². The largest absolute Gasteiger partial charge is 0.416 e. The van der Waals surface area contributed by atoms with Crippen LogP contribution in [0.1, 0.15) is 31.4 Å². The van der Waals surface area contributed by atoms with Crippen LogP contribution in [0.5, 0.6) is 0 Å². The Morgan fingerprint density at radius 1 is 1.04 bits per heavy atom. The molecular formula is C16H19F6NOS. The van der Waals surface area contributed by atoms with E-state index in [0.717, 1.165) is 11.8 Å². The molecule has 0 aliphatic heterocycles. The molecule has 0 aromatic heterocycles. The van der Waals surface area contributed by atoms with Gasteiger partial charge in [0.05, 0.1) is 21.9 Å². The quantitative estimate of drug-likeness (QED) is 0.528. The second-order valence-electron chi connectivity index (χ2n) is 5.80. The lowest BCUT2D eigenvalue weighted by molar-refractivity contribution is -0.143. The molecule has 1 N–H and O–H groups in total. The molecule has 0 bridgehead atoms. The maximum absolute atomic E-state index is 12.8. The second-order valence-corrected chi connectivity index (χ2v) is 7.14. The standard InChI is InChI=1S/C16H19F6NOS/c1-11(2)4-6-23-5-3-7-25(24)14-9-12(15(17,18)19)8-13(10-14)16(20,21)22/h3,7-11,23H,4-6H2,1-2H3/b7-3+/t25-/m0/s1. The van der Waals surface area contributed by atoms with Crippen LogP contribution in [-0.4, -0.2) is 17.3 Å². The molecule has 0 amide bonds. The first kappa shape index (κ1) is 21.7. The zero-order chi connectivity index (χ0) is 19.3. The summed E-state index contributed by atoms with van der Waals surface area (Å²) >= 11 is 0. The third kappa shape index (κ3) is 7.60. The fraction of sp³-hybridized carbons (Fsp3) is 0.500. The summed E-state index contributed by atoms with van der Waals surface area (Å²) in [6.45, 7) is 5.11. The number of alkyl halides is 6. The van der Waals surface area contributed by atoms with Crippen molar-refractivity contribution in [2.75, 3.05) is 13.1 Å².